The average molecular weight is 393 g/mol. The maximum Gasteiger partial charge on any atom is 0.233 e. The molecule has 2 aromatic rings. The monoisotopic (exact) mass is 392 g/mol. The van der Waals surface area contributed by atoms with Crippen LogP contribution in [0.15, 0.2) is 53.8 Å². The summed E-state index contributed by atoms with van der Waals surface area (Å²) in [6.07, 6.45) is 8.46. The number of hydrogen-bond donors (Lipinski definition) is 1. The molecular formula is C19H25ClN4OS. The normalized spacial score (nSPS) is 17.0. The van der Waals surface area contributed by atoms with Gasteiger partial charge in [-0.05, 0) is 56.6 Å². The lowest BCUT2D eigenvalue weighted by molar-refractivity contribution is -0.131. The van der Waals surface area contributed by atoms with E-state index in [2.05, 4.69) is 15.3 Å². The summed E-state index contributed by atoms with van der Waals surface area (Å²) >= 11 is 1.57. The van der Waals surface area contributed by atoms with Crippen molar-refractivity contribution in [2.24, 2.45) is 0 Å². The molecule has 1 N–H and O–H groups in total. The van der Waals surface area contributed by atoms with E-state index in [4.69, 9.17) is 0 Å². The number of nitrogens with zero attached hydrogens (tertiary/aromatic N) is 3. The van der Waals surface area contributed by atoms with Crippen molar-refractivity contribution < 1.29 is 4.79 Å². The maximum atomic E-state index is 13.0. The van der Waals surface area contributed by atoms with Gasteiger partial charge in [0.1, 0.15) is 0 Å². The topological polar surface area (TPSA) is 58.1 Å². The zero-order chi connectivity index (χ0) is 17.3. The largest absolute Gasteiger partial charge is 0.333 e. The number of carbonyl (C=O) groups excluding carboxylic acids is 1. The Kier molecular flexibility index (Phi) is 8.88. The Morgan fingerprint density at radius 2 is 2.00 bits per heavy atom. The molecule has 140 valence electrons. The van der Waals surface area contributed by atoms with Crippen LogP contribution in [0.5, 0.6) is 0 Å². The summed E-state index contributed by atoms with van der Waals surface area (Å²) in [6.45, 7) is 2.59. The molecule has 0 saturated carbocycles. The molecule has 0 bridgehead atoms. The summed E-state index contributed by atoms with van der Waals surface area (Å²) in [7, 11) is 0. The first-order valence-electron chi connectivity index (χ1n) is 8.76. The van der Waals surface area contributed by atoms with Gasteiger partial charge >= 0.3 is 0 Å². The van der Waals surface area contributed by atoms with Gasteiger partial charge in [0.25, 0.3) is 0 Å². The van der Waals surface area contributed by atoms with Crippen LogP contribution in [0.1, 0.15) is 25.0 Å². The Morgan fingerprint density at radius 1 is 1.15 bits per heavy atom. The van der Waals surface area contributed by atoms with Crippen molar-refractivity contribution >= 4 is 30.1 Å². The molecule has 0 radical (unpaired) electrons. The van der Waals surface area contributed by atoms with Crippen molar-refractivity contribution in [1.82, 2.24) is 20.2 Å². The quantitative estimate of drug-likeness (QED) is 0.765. The number of aromatic nitrogens is 2. The van der Waals surface area contributed by atoms with E-state index in [9.17, 15) is 4.79 Å². The summed E-state index contributed by atoms with van der Waals surface area (Å²) < 4.78 is 0. The summed E-state index contributed by atoms with van der Waals surface area (Å²) in [5.41, 5.74) is 0.946. The summed E-state index contributed by atoms with van der Waals surface area (Å²) in [5.74, 6) is 0.625. The van der Waals surface area contributed by atoms with Gasteiger partial charge in [-0.2, -0.15) is 0 Å². The lowest BCUT2D eigenvalue weighted by Gasteiger charge is -2.31. The van der Waals surface area contributed by atoms with E-state index in [-0.39, 0.29) is 24.4 Å². The van der Waals surface area contributed by atoms with Crippen LogP contribution in [0.3, 0.4) is 0 Å². The van der Waals surface area contributed by atoms with Crippen LogP contribution in [-0.2, 0) is 11.3 Å². The van der Waals surface area contributed by atoms with Gasteiger partial charge in [0.2, 0.25) is 5.91 Å². The van der Waals surface area contributed by atoms with E-state index in [1.165, 1.54) is 0 Å². The molecule has 3 rings (SSSR count). The van der Waals surface area contributed by atoms with Crippen molar-refractivity contribution in [3.05, 3.63) is 54.6 Å². The first kappa shape index (κ1) is 20.7. The second-order valence-corrected chi connectivity index (χ2v) is 7.20. The van der Waals surface area contributed by atoms with Crippen molar-refractivity contribution in [3.8, 4) is 0 Å². The second-order valence-electron chi connectivity index (χ2n) is 6.15. The van der Waals surface area contributed by atoms with E-state index in [1.807, 2.05) is 35.2 Å². The van der Waals surface area contributed by atoms with Crippen LogP contribution in [-0.4, -0.2) is 45.7 Å². The molecule has 7 heteroatoms. The first-order chi connectivity index (χ1) is 12.3. The van der Waals surface area contributed by atoms with E-state index < -0.39 is 0 Å². The Labute approximate surface area is 165 Å². The minimum Gasteiger partial charge on any atom is -0.333 e. The van der Waals surface area contributed by atoms with Gasteiger partial charge in [-0.15, -0.1) is 24.2 Å². The molecule has 1 aliphatic heterocycles. The molecule has 1 unspecified atom stereocenters. The SMILES string of the molecule is Cl.O=C(CSc1ccncc1)N(Cc1ccccn1)C1CCCNCC1. The number of nitrogens with one attached hydrogen (secondary N) is 1. The number of hydrogen-bond acceptors (Lipinski definition) is 5. The fourth-order valence-electron chi connectivity index (χ4n) is 3.06. The molecule has 0 spiro atoms. The highest BCUT2D eigenvalue weighted by molar-refractivity contribution is 8.00. The van der Waals surface area contributed by atoms with Crippen LogP contribution in [0.4, 0.5) is 0 Å². The molecule has 1 atom stereocenters. The Balaban J connectivity index is 0.00000243. The maximum absolute atomic E-state index is 13.0. The van der Waals surface area contributed by atoms with Crippen LogP contribution in [0.25, 0.3) is 0 Å². The highest BCUT2D eigenvalue weighted by Crippen LogP contribution is 2.21. The van der Waals surface area contributed by atoms with Crippen molar-refractivity contribution in [3.63, 3.8) is 0 Å². The van der Waals surface area contributed by atoms with E-state index in [1.54, 1.807) is 30.4 Å². The number of thioether (sulfide) groups is 1. The molecular weight excluding hydrogens is 368 g/mol. The Hall–Kier alpha value is -1.63. The second kappa shape index (κ2) is 11.2. The van der Waals surface area contributed by atoms with Crippen LogP contribution < -0.4 is 5.32 Å². The molecule has 5 nitrogen and oxygen atoms in total. The van der Waals surface area contributed by atoms with Crippen LogP contribution in [0.2, 0.25) is 0 Å². The van der Waals surface area contributed by atoms with Crippen LogP contribution >= 0.6 is 24.2 Å². The first-order valence-corrected chi connectivity index (χ1v) is 9.74. The van der Waals surface area contributed by atoms with Gasteiger partial charge < -0.3 is 10.2 Å². The lowest BCUT2D eigenvalue weighted by atomic mass is 10.1. The molecule has 26 heavy (non-hydrogen) atoms. The predicted molar refractivity (Wildman–Crippen MR) is 108 cm³/mol. The van der Waals surface area contributed by atoms with Gasteiger partial charge in [-0.1, -0.05) is 6.07 Å². The molecule has 2 aromatic heterocycles. The lowest BCUT2D eigenvalue weighted by Crippen LogP contribution is -2.41. The number of rotatable bonds is 6. The molecule has 1 saturated heterocycles. The molecule has 1 aliphatic rings. The molecule has 3 heterocycles. The zero-order valence-corrected chi connectivity index (χ0v) is 16.3. The van der Waals surface area contributed by atoms with Gasteiger partial charge in [0.15, 0.2) is 0 Å². The van der Waals surface area contributed by atoms with Crippen molar-refractivity contribution in [2.45, 2.75) is 36.7 Å². The average Bonchev–Trinajstić information content (AvgIpc) is 2.95. The minimum atomic E-state index is 0. The van der Waals surface area contributed by atoms with Crippen molar-refractivity contribution in [1.29, 1.82) is 0 Å². The number of amides is 1. The smallest absolute Gasteiger partial charge is 0.233 e. The van der Waals surface area contributed by atoms with Crippen molar-refractivity contribution in [2.75, 3.05) is 18.8 Å². The van der Waals surface area contributed by atoms with Gasteiger partial charge in [-0.25, -0.2) is 0 Å². The molecule has 1 amide bonds. The van der Waals surface area contributed by atoms with Gasteiger partial charge in [0.05, 0.1) is 18.0 Å². The highest BCUT2D eigenvalue weighted by Gasteiger charge is 2.25. The zero-order valence-electron chi connectivity index (χ0n) is 14.7. The third-order valence-electron chi connectivity index (χ3n) is 4.38. The molecule has 0 aliphatic carbocycles. The summed E-state index contributed by atoms with van der Waals surface area (Å²) in [4.78, 5) is 24.5. The highest BCUT2D eigenvalue weighted by atomic mass is 35.5. The third-order valence-corrected chi connectivity index (χ3v) is 5.37. The number of carbonyl (C=O) groups is 1. The number of halogens is 1. The number of pyridine rings is 2. The third kappa shape index (κ3) is 6.27. The molecule has 1 fully saturated rings. The van der Waals surface area contributed by atoms with Gasteiger partial charge in [0, 0.05) is 29.5 Å². The Bertz CT molecular complexity index is 651. The Morgan fingerprint density at radius 3 is 2.77 bits per heavy atom. The molecule has 0 aromatic carbocycles. The van der Waals surface area contributed by atoms with E-state index in [0.29, 0.717) is 12.3 Å². The van der Waals surface area contributed by atoms with E-state index in [0.717, 1.165) is 42.9 Å². The minimum absolute atomic E-state index is 0. The summed E-state index contributed by atoms with van der Waals surface area (Å²) in [5, 5.41) is 3.43. The predicted octanol–water partition coefficient (Wildman–Crippen LogP) is 3.16. The van der Waals surface area contributed by atoms with Crippen LogP contribution in [0, 0.1) is 0 Å². The van der Waals surface area contributed by atoms with E-state index >= 15 is 0 Å². The fourth-order valence-corrected chi connectivity index (χ4v) is 3.83. The van der Waals surface area contributed by atoms with Gasteiger partial charge in [-0.3, -0.25) is 14.8 Å². The standard InChI is InChI=1S/C19H24N4OS.ClH/c24-19(15-25-18-7-12-21-13-8-18)23(14-16-4-1-2-10-22-16)17-5-3-9-20-11-6-17;/h1-2,4,7-8,10,12-13,17,20H,3,5-6,9,11,14-15H2;1H. The summed E-state index contributed by atoms with van der Waals surface area (Å²) in [6, 6.07) is 10.0. The fraction of sp³-hybridized carbons (Fsp3) is 0.421.